The van der Waals surface area contributed by atoms with E-state index in [-0.39, 0.29) is 24.4 Å². The van der Waals surface area contributed by atoms with Gasteiger partial charge in [0.15, 0.2) is 6.61 Å². The molecule has 1 fully saturated rings. The van der Waals surface area contributed by atoms with Crippen LogP contribution in [0.4, 0.5) is 10.1 Å². The SMILES string of the molecule is Cc1nnc(COC(=O)[C@@H](C)N2CCN(c3ccc(F)cc3)CC2)o1. The number of piperazine rings is 1. The molecule has 1 atom stereocenters. The quantitative estimate of drug-likeness (QED) is 0.763. The summed E-state index contributed by atoms with van der Waals surface area (Å²) >= 11 is 0. The summed E-state index contributed by atoms with van der Waals surface area (Å²) in [6, 6.07) is 6.12. The molecule has 0 amide bonds. The zero-order chi connectivity index (χ0) is 17.8. The van der Waals surface area contributed by atoms with Crippen molar-refractivity contribution in [3.63, 3.8) is 0 Å². The van der Waals surface area contributed by atoms with E-state index < -0.39 is 0 Å². The van der Waals surface area contributed by atoms with E-state index in [2.05, 4.69) is 20.0 Å². The largest absolute Gasteiger partial charge is 0.454 e. The van der Waals surface area contributed by atoms with E-state index >= 15 is 0 Å². The van der Waals surface area contributed by atoms with Crippen LogP contribution in [0.1, 0.15) is 18.7 Å². The van der Waals surface area contributed by atoms with Crippen molar-refractivity contribution in [2.75, 3.05) is 31.1 Å². The third-order valence-electron chi connectivity index (χ3n) is 4.30. The van der Waals surface area contributed by atoms with E-state index in [1.807, 2.05) is 6.92 Å². The van der Waals surface area contributed by atoms with Crippen LogP contribution in [-0.4, -0.2) is 53.3 Å². The molecule has 0 spiro atoms. The second kappa shape index (κ2) is 7.60. The van der Waals surface area contributed by atoms with Gasteiger partial charge in [-0.2, -0.15) is 0 Å². The van der Waals surface area contributed by atoms with Gasteiger partial charge in [0, 0.05) is 38.8 Å². The minimum Gasteiger partial charge on any atom is -0.454 e. The minimum atomic E-state index is -0.348. The molecule has 0 radical (unpaired) electrons. The van der Waals surface area contributed by atoms with Gasteiger partial charge in [-0.15, -0.1) is 10.2 Å². The summed E-state index contributed by atoms with van der Waals surface area (Å²) in [5.41, 5.74) is 0.989. The Kier molecular flexibility index (Phi) is 5.28. The Balaban J connectivity index is 1.48. The fraction of sp³-hybridized carbons (Fsp3) is 0.471. The Hall–Kier alpha value is -2.48. The fourth-order valence-electron chi connectivity index (χ4n) is 2.82. The van der Waals surface area contributed by atoms with Gasteiger partial charge in [0.1, 0.15) is 11.9 Å². The number of aryl methyl sites for hydroxylation is 1. The summed E-state index contributed by atoms with van der Waals surface area (Å²) in [7, 11) is 0. The van der Waals surface area contributed by atoms with Gasteiger partial charge in [-0.25, -0.2) is 4.39 Å². The van der Waals surface area contributed by atoms with Gasteiger partial charge < -0.3 is 14.1 Å². The summed E-state index contributed by atoms with van der Waals surface area (Å²) in [4.78, 5) is 16.4. The topological polar surface area (TPSA) is 71.7 Å². The van der Waals surface area contributed by atoms with Crippen LogP contribution in [0.5, 0.6) is 0 Å². The molecule has 7 nitrogen and oxygen atoms in total. The van der Waals surface area contributed by atoms with Crippen LogP contribution >= 0.6 is 0 Å². The number of esters is 1. The lowest BCUT2D eigenvalue weighted by Crippen LogP contribution is -2.52. The third kappa shape index (κ3) is 4.33. The number of hydrogen-bond donors (Lipinski definition) is 0. The molecule has 0 N–H and O–H groups in total. The molecule has 2 aromatic rings. The van der Waals surface area contributed by atoms with Crippen molar-refractivity contribution in [2.45, 2.75) is 26.5 Å². The number of ether oxygens (including phenoxy) is 1. The number of rotatable bonds is 5. The van der Waals surface area contributed by atoms with Gasteiger partial charge in [0.2, 0.25) is 5.89 Å². The maximum Gasteiger partial charge on any atom is 0.323 e. The monoisotopic (exact) mass is 348 g/mol. The molecule has 2 heterocycles. The Morgan fingerprint density at radius 1 is 1.24 bits per heavy atom. The first-order chi connectivity index (χ1) is 12.0. The molecule has 0 unspecified atom stereocenters. The number of nitrogens with zero attached hydrogens (tertiary/aromatic N) is 4. The zero-order valence-corrected chi connectivity index (χ0v) is 14.3. The molecule has 25 heavy (non-hydrogen) atoms. The van der Waals surface area contributed by atoms with Crippen molar-refractivity contribution in [3.05, 3.63) is 41.9 Å². The van der Waals surface area contributed by atoms with Gasteiger partial charge in [-0.1, -0.05) is 0 Å². The van der Waals surface area contributed by atoms with Crippen LogP contribution < -0.4 is 4.90 Å². The van der Waals surface area contributed by atoms with Crippen molar-refractivity contribution < 1.29 is 18.3 Å². The summed E-state index contributed by atoms with van der Waals surface area (Å²) in [5.74, 6) is 0.177. The summed E-state index contributed by atoms with van der Waals surface area (Å²) in [5, 5.41) is 7.49. The number of carbonyl (C=O) groups excluding carboxylic acids is 1. The lowest BCUT2D eigenvalue weighted by Gasteiger charge is -2.38. The molecule has 3 rings (SSSR count). The van der Waals surface area contributed by atoms with Gasteiger partial charge in [-0.3, -0.25) is 9.69 Å². The lowest BCUT2D eigenvalue weighted by atomic mass is 10.2. The molecule has 1 saturated heterocycles. The zero-order valence-electron chi connectivity index (χ0n) is 14.3. The molecular formula is C17H21FN4O3. The van der Waals surface area contributed by atoms with Crippen LogP contribution in [0, 0.1) is 12.7 Å². The van der Waals surface area contributed by atoms with E-state index in [9.17, 15) is 9.18 Å². The molecule has 0 bridgehead atoms. The average Bonchev–Trinajstić information content (AvgIpc) is 3.05. The van der Waals surface area contributed by atoms with Crippen LogP contribution in [0.25, 0.3) is 0 Å². The summed E-state index contributed by atoms with van der Waals surface area (Å²) < 4.78 is 23.4. The summed E-state index contributed by atoms with van der Waals surface area (Å²) in [6.45, 7) is 6.49. The first kappa shape index (κ1) is 17.3. The second-order valence-electron chi connectivity index (χ2n) is 6.00. The predicted octanol–water partition coefficient (Wildman–Crippen LogP) is 1.77. The number of halogens is 1. The highest BCUT2D eigenvalue weighted by molar-refractivity contribution is 5.75. The maximum atomic E-state index is 13.0. The van der Waals surface area contributed by atoms with E-state index in [1.165, 1.54) is 12.1 Å². The Morgan fingerprint density at radius 2 is 1.92 bits per heavy atom. The van der Waals surface area contributed by atoms with Gasteiger partial charge in [0.05, 0.1) is 0 Å². The molecule has 0 saturated carbocycles. The van der Waals surface area contributed by atoms with E-state index in [4.69, 9.17) is 9.15 Å². The van der Waals surface area contributed by atoms with Gasteiger partial charge >= 0.3 is 5.97 Å². The molecule has 1 aromatic heterocycles. The smallest absolute Gasteiger partial charge is 0.323 e. The third-order valence-corrected chi connectivity index (χ3v) is 4.30. The second-order valence-corrected chi connectivity index (χ2v) is 6.00. The molecular weight excluding hydrogens is 327 g/mol. The number of aromatic nitrogens is 2. The minimum absolute atomic E-state index is 0.0143. The van der Waals surface area contributed by atoms with Crippen LogP contribution in [0.15, 0.2) is 28.7 Å². The van der Waals surface area contributed by atoms with Crippen LogP contribution in [0.3, 0.4) is 0 Å². The van der Waals surface area contributed by atoms with Crippen molar-refractivity contribution in [3.8, 4) is 0 Å². The summed E-state index contributed by atoms with van der Waals surface area (Å²) in [6.07, 6.45) is 0. The fourth-order valence-corrected chi connectivity index (χ4v) is 2.82. The Morgan fingerprint density at radius 3 is 2.52 bits per heavy atom. The van der Waals surface area contributed by atoms with Crippen molar-refractivity contribution in [1.82, 2.24) is 15.1 Å². The molecule has 8 heteroatoms. The molecule has 1 aliphatic heterocycles. The number of hydrogen-bond acceptors (Lipinski definition) is 7. The van der Waals surface area contributed by atoms with E-state index in [1.54, 1.807) is 19.1 Å². The maximum absolute atomic E-state index is 13.0. The first-order valence-electron chi connectivity index (χ1n) is 8.23. The molecule has 1 aliphatic rings. The highest BCUT2D eigenvalue weighted by Gasteiger charge is 2.27. The Bertz CT molecular complexity index is 711. The van der Waals surface area contributed by atoms with Crippen molar-refractivity contribution >= 4 is 11.7 Å². The van der Waals surface area contributed by atoms with E-state index in [0.29, 0.717) is 11.8 Å². The molecule has 134 valence electrons. The van der Waals surface area contributed by atoms with Gasteiger partial charge in [-0.05, 0) is 31.2 Å². The van der Waals surface area contributed by atoms with Gasteiger partial charge in [0.25, 0.3) is 5.89 Å². The predicted molar refractivity (Wildman–Crippen MR) is 88.5 cm³/mol. The van der Waals surface area contributed by atoms with Crippen molar-refractivity contribution in [2.24, 2.45) is 0 Å². The standard InChI is InChI=1S/C17H21FN4O3/c1-12(17(23)24-11-16-20-19-13(2)25-16)21-7-9-22(10-8-21)15-5-3-14(18)4-6-15/h3-6,12H,7-11H2,1-2H3/t12-/m1/s1. The lowest BCUT2D eigenvalue weighted by molar-refractivity contribution is -0.151. The normalized spacial score (nSPS) is 16.7. The first-order valence-corrected chi connectivity index (χ1v) is 8.23. The highest BCUT2D eigenvalue weighted by atomic mass is 19.1. The molecule has 0 aliphatic carbocycles. The van der Waals surface area contributed by atoms with Crippen LogP contribution in [-0.2, 0) is 16.1 Å². The molecule has 1 aromatic carbocycles. The van der Waals surface area contributed by atoms with E-state index in [0.717, 1.165) is 31.9 Å². The Labute approximate surface area is 145 Å². The van der Waals surface area contributed by atoms with Crippen LogP contribution in [0.2, 0.25) is 0 Å². The number of benzene rings is 1. The highest BCUT2D eigenvalue weighted by Crippen LogP contribution is 2.18. The van der Waals surface area contributed by atoms with Crippen molar-refractivity contribution in [1.29, 1.82) is 0 Å². The average molecular weight is 348 g/mol. The number of carbonyl (C=O) groups is 1. The number of anilines is 1.